The first kappa shape index (κ1) is 18.9. The molecule has 4 atom stereocenters. The minimum atomic E-state index is -0.261. The zero-order valence-corrected chi connectivity index (χ0v) is 16.6. The van der Waals surface area contributed by atoms with Gasteiger partial charge in [0.15, 0.2) is 0 Å². The maximum atomic E-state index is 14.7. The van der Waals surface area contributed by atoms with Crippen LogP contribution in [0.3, 0.4) is 0 Å². The molecule has 27 heavy (non-hydrogen) atoms. The van der Waals surface area contributed by atoms with E-state index in [1.807, 2.05) is 24.3 Å². The molecule has 0 radical (unpaired) electrons. The molecule has 2 aliphatic rings. The number of fused-ring (bicyclic) bond motifs is 3. The van der Waals surface area contributed by atoms with Gasteiger partial charge in [0.25, 0.3) is 0 Å². The number of hydrogen-bond donors (Lipinski definition) is 3. The van der Waals surface area contributed by atoms with E-state index in [9.17, 15) is 4.39 Å². The van der Waals surface area contributed by atoms with E-state index in [0.29, 0.717) is 18.8 Å². The molecule has 144 valence electrons. The van der Waals surface area contributed by atoms with Gasteiger partial charge in [-0.1, -0.05) is 46.3 Å². The Morgan fingerprint density at radius 1 is 1.22 bits per heavy atom. The molecule has 0 spiro atoms. The van der Waals surface area contributed by atoms with Crippen molar-refractivity contribution in [3.8, 4) is 0 Å². The smallest absolute Gasteiger partial charge is 0.147 e. The Morgan fingerprint density at radius 3 is 2.81 bits per heavy atom. The van der Waals surface area contributed by atoms with Crippen LogP contribution in [0.25, 0.3) is 0 Å². The van der Waals surface area contributed by atoms with E-state index < -0.39 is 0 Å². The molecule has 0 aromatic heterocycles. The van der Waals surface area contributed by atoms with Gasteiger partial charge in [-0.05, 0) is 30.5 Å². The lowest BCUT2D eigenvalue weighted by atomic mass is 9.76. The number of hydrogen-bond acceptors (Lipinski definition) is 4. The predicted molar refractivity (Wildman–Crippen MR) is 107 cm³/mol. The van der Waals surface area contributed by atoms with Gasteiger partial charge >= 0.3 is 0 Å². The van der Waals surface area contributed by atoms with Crippen molar-refractivity contribution in [2.45, 2.75) is 31.1 Å². The van der Waals surface area contributed by atoms with Crippen molar-refractivity contribution in [2.75, 3.05) is 25.0 Å². The van der Waals surface area contributed by atoms with Gasteiger partial charge < -0.3 is 20.5 Å². The summed E-state index contributed by atoms with van der Waals surface area (Å²) < 4.78 is 21.9. The Bertz CT molecular complexity index is 789. The third-order valence-electron chi connectivity index (χ3n) is 5.49. The van der Waals surface area contributed by atoms with Crippen LogP contribution in [0.1, 0.15) is 36.1 Å². The second-order valence-electron chi connectivity index (χ2n) is 7.23. The molecule has 2 heterocycles. The first-order chi connectivity index (χ1) is 13.2. The minimum Gasteiger partial charge on any atom is -0.395 e. The minimum absolute atomic E-state index is 0.0192. The number of nitrogens with one attached hydrogen (secondary N) is 2. The molecule has 0 amide bonds. The molecule has 0 saturated carbocycles. The van der Waals surface area contributed by atoms with E-state index in [4.69, 9.17) is 9.84 Å². The number of rotatable bonds is 5. The Labute approximate surface area is 167 Å². The average molecular weight is 435 g/mol. The molecular weight excluding hydrogens is 411 g/mol. The Kier molecular flexibility index (Phi) is 5.78. The quantitative estimate of drug-likeness (QED) is 0.618. The fourth-order valence-corrected chi connectivity index (χ4v) is 4.71. The van der Waals surface area contributed by atoms with Gasteiger partial charge in [0.2, 0.25) is 0 Å². The van der Waals surface area contributed by atoms with Crippen molar-refractivity contribution in [2.24, 2.45) is 5.92 Å². The Morgan fingerprint density at radius 2 is 2.04 bits per heavy atom. The summed E-state index contributed by atoms with van der Waals surface area (Å²) in [5, 5.41) is 15.6. The van der Waals surface area contributed by atoms with E-state index in [1.165, 1.54) is 6.07 Å². The fraction of sp³-hybridized carbons (Fsp3) is 0.429. The van der Waals surface area contributed by atoms with Crippen molar-refractivity contribution >= 4 is 21.6 Å². The number of halogens is 2. The lowest BCUT2D eigenvalue weighted by Gasteiger charge is -2.46. The average Bonchev–Trinajstić information content (AvgIpc) is 2.68. The van der Waals surface area contributed by atoms with E-state index in [2.05, 4.69) is 38.7 Å². The van der Waals surface area contributed by atoms with Crippen LogP contribution >= 0.6 is 15.9 Å². The van der Waals surface area contributed by atoms with Crippen molar-refractivity contribution in [1.29, 1.82) is 0 Å². The molecule has 0 unspecified atom stereocenters. The molecule has 0 bridgehead atoms. The Hall–Kier alpha value is -1.47. The predicted octanol–water partition coefficient (Wildman–Crippen LogP) is 4.17. The van der Waals surface area contributed by atoms with Gasteiger partial charge in [0, 0.05) is 29.0 Å². The summed E-state index contributed by atoms with van der Waals surface area (Å²) in [5.41, 5.74) is 2.57. The second kappa shape index (κ2) is 8.27. The molecule has 0 aliphatic carbocycles. The van der Waals surface area contributed by atoms with E-state index in [1.54, 1.807) is 0 Å². The van der Waals surface area contributed by atoms with Gasteiger partial charge in [-0.2, -0.15) is 0 Å². The number of anilines is 1. The zero-order chi connectivity index (χ0) is 18.8. The molecule has 3 N–H and O–H groups in total. The highest BCUT2D eigenvalue weighted by Crippen LogP contribution is 2.51. The number of aliphatic hydroxyl groups excluding tert-OH is 1. The van der Waals surface area contributed by atoms with E-state index in [0.717, 1.165) is 28.4 Å². The maximum absolute atomic E-state index is 14.7. The summed E-state index contributed by atoms with van der Waals surface area (Å²) in [7, 11) is 0. The van der Waals surface area contributed by atoms with E-state index >= 15 is 0 Å². The molecule has 4 rings (SSSR count). The summed E-state index contributed by atoms with van der Waals surface area (Å²) in [6.45, 7) is 1.36. The first-order valence-corrected chi connectivity index (χ1v) is 10.2. The number of aliphatic hydroxyl groups is 1. The van der Waals surface area contributed by atoms with Gasteiger partial charge in [-0.25, -0.2) is 4.39 Å². The van der Waals surface area contributed by atoms with Crippen LogP contribution in [-0.2, 0) is 4.74 Å². The molecule has 4 nitrogen and oxygen atoms in total. The van der Waals surface area contributed by atoms with Crippen molar-refractivity contribution in [3.05, 3.63) is 63.9 Å². The van der Waals surface area contributed by atoms with Crippen LogP contribution in [0.2, 0.25) is 0 Å². The molecule has 2 aromatic rings. The normalized spacial score (nSPS) is 26.8. The standard InChI is InChI=1S/C21H24BrFN2O2/c22-14-10-17-20(18(23)11-14)25-19(13-4-2-1-3-5-13)16-7-6-15(27-21(16)17)12-24-8-9-26/h1-5,10-11,15-16,19,21,24-26H,6-9,12H2/t15-,16+,19+,21+/m1/s1. The van der Waals surface area contributed by atoms with Crippen LogP contribution in [0, 0.1) is 11.7 Å². The van der Waals surface area contributed by atoms with Crippen LogP contribution in [0.4, 0.5) is 10.1 Å². The maximum Gasteiger partial charge on any atom is 0.147 e. The highest BCUT2D eigenvalue weighted by molar-refractivity contribution is 9.10. The zero-order valence-electron chi connectivity index (χ0n) is 15.0. The van der Waals surface area contributed by atoms with Crippen molar-refractivity contribution in [1.82, 2.24) is 5.32 Å². The van der Waals surface area contributed by atoms with E-state index in [-0.39, 0.29) is 36.6 Å². The second-order valence-corrected chi connectivity index (χ2v) is 8.15. The number of ether oxygens (including phenoxy) is 1. The summed E-state index contributed by atoms with van der Waals surface area (Å²) in [5.74, 6) is -0.0226. The number of benzene rings is 2. The van der Waals surface area contributed by atoms with Gasteiger partial charge in [-0.3, -0.25) is 0 Å². The third kappa shape index (κ3) is 3.90. The van der Waals surface area contributed by atoms with Crippen LogP contribution < -0.4 is 10.6 Å². The highest BCUT2D eigenvalue weighted by atomic mass is 79.9. The topological polar surface area (TPSA) is 53.5 Å². The molecule has 6 heteroatoms. The van der Waals surface area contributed by atoms with Crippen LogP contribution in [0.5, 0.6) is 0 Å². The monoisotopic (exact) mass is 434 g/mol. The van der Waals surface area contributed by atoms with Crippen LogP contribution in [-0.4, -0.2) is 30.9 Å². The largest absolute Gasteiger partial charge is 0.395 e. The lowest BCUT2D eigenvalue weighted by Crippen LogP contribution is -2.42. The SMILES string of the molecule is OCCNC[C@H]1CC[C@@H]2[C@H](O1)c1cc(Br)cc(F)c1N[C@H]2c1ccccc1. The van der Waals surface area contributed by atoms with Crippen LogP contribution in [0.15, 0.2) is 46.9 Å². The third-order valence-corrected chi connectivity index (χ3v) is 5.95. The lowest BCUT2D eigenvalue weighted by molar-refractivity contribution is -0.0918. The first-order valence-electron chi connectivity index (χ1n) is 9.45. The molecule has 2 aliphatic heterocycles. The molecule has 2 aromatic carbocycles. The van der Waals surface area contributed by atoms with Crippen molar-refractivity contribution < 1.29 is 14.2 Å². The van der Waals surface area contributed by atoms with Crippen molar-refractivity contribution in [3.63, 3.8) is 0 Å². The van der Waals surface area contributed by atoms with Gasteiger partial charge in [0.1, 0.15) is 5.82 Å². The van der Waals surface area contributed by atoms with Gasteiger partial charge in [0.05, 0.1) is 30.5 Å². The Balaban J connectivity index is 1.67. The molecular formula is C21H24BrFN2O2. The van der Waals surface area contributed by atoms with Gasteiger partial charge in [-0.15, -0.1) is 0 Å². The highest BCUT2D eigenvalue weighted by Gasteiger charge is 2.43. The molecule has 1 saturated heterocycles. The fourth-order valence-electron chi connectivity index (χ4n) is 4.27. The summed E-state index contributed by atoms with van der Waals surface area (Å²) in [6.07, 6.45) is 1.84. The summed E-state index contributed by atoms with van der Waals surface area (Å²) >= 11 is 3.42. The summed E-state index contributed by atoms with van der Waals surface area (Å²) in [6, 6.07) is 13.7. The summed E-state index contributed by atoms with van der Waals surface area (Å²) in [4.78, 5) is 0. The molecule has 1 fully saturated rings.